The zero-order chi connectivity index (χ0) is 14.1. The lowest BCUT2D eigenvalue weighted by atomic mass is 10.3. The Bertz CT molecular complexity index is 783. The summed E-state index contributed by atoms with van der Waals surface area (Å²) >= 11 is 5.35. The molecule has 1 N–H and O–H groups in total. The van der Waals surface area contributed by atoms with Crippen molar-refractivity contribution in [3.8, 4) is 17.2 Å². The Morgan fingerprint density at radius 2 is 2.20 bits per heavy atom. The number of aryl methyl sites for hydroxylation is 2. The van der Waals surface area contributed by atoms with E-state index in [4.69, 9.17) is 12.2 Å². The lowest BCUT2D eigenvalue weighted by molar-refractivity contribution is 0.746. The second-order valence-electron chi connectivity index (χ2n) is 4.39. The number of rotatable bonds is 3. The fourth-order valence-electron chi connectivity index (χ4n) is 2.15. The minimum Gasteiger partial charge on any atom is -0.273 e. The summed E-state index contributed by atoms with van der Waals surface area (Å²) in [6, 6.07) is 5.70. The maximum absolute atomic E-state index is 5.35. The van der Waals surface area contributed by atoms with Crippen LogP contribution < -0.4 is 0 Å². The standard InChI is InChI=1S/C13H14N6S/c1-3-9-11(8-18(2)17-9)19-12(15-16-13(19)20)10-6-4-5-7-14-10/h4-8H,3H2,1-2H3,(H,16,20). The largest absolute Gasteiger partial charge is 0.273 e. The van der Waals surface area contributed by atoms with Crippen LogP contribution >= 0.6 is 12.2 Å². The van der Waals surface area contributed by atoms with Gasteiger partial charge in [-0.15, -0.1) is 0 Å². The monoisotopic (exact) mass is 286 g/mol. The first kappa shape index (κ1) is 12.7. The molecule has 0 saturated heterocycles. The molecule has 20 heavy (non-hydrogen) atoms. The van der Waals surface area contributed by atoms with Crippen molar-refractivity contribution in [1.29, 1.82) is 0 Å². The molecule has 102 valence electrons. The Morgan fingerprint density at radius 3 is 2.90 bits per heavy atom. The van der Waals surface area contributed by atoms with Crippen molar-refractivity contribution >= 4 is 12.2 Å². The van der Waals surface area contributed by atoms with E-state index in [0.29, 0.717) is 10.6 Å². The molecule has 0 spiro atoms. The molecule has 0 aliphatic rings. The highest BCUT2D eigenvalue weighted by Crippen LogP contribution is 2.21. The second kappa shape index (κ2) is 5.01. The number of hydrogen-bond acceptors (Lipinski definition) is 4. The van der Waals surface area contributed by atoms with Gasteiger partial charge in [0, 0.05) is 19.4 Å². The molecule has 3 heterocycles. The van der Waals surface area contributed by atoms with Crippen molar-refractivity contribution in [2.24, 2.45) is 7.05 Å². The summed E-state index contributed by atoms with van der Waals surface area (Å²) in [6.45, 7) is 2.07. The van der Waals surface area contributed by atoms with Gasteiger partial charge >= 0.3 is 0 Å². The molecule has 0 radical (unpaired) electrons. The van der Waals surface area contributed by atoms with Gasteiger partial charge in [0.15, 0.2) is 10.6 Å². The molecule has 7 heteroatoms. The maximum atomic E-state index is 5.35. The third-order valence-corrected chi connectivity index (χ3v) is 3.30. The predicted octanol–water partition coefficient (Wildman–Crippen LogP) is 2.29. The van der Waals surface area contributed by atoms with Crippen LogP contribution in [0.15, 0.2) is 30.6 Å². The van der Waals surface area contributed by atoms with Gasteiger partial charge < -0.3 is 0 Å². The second-order valence-corrected chi connectivity index (χ2v) is 4.78. The van der Waals surface area contributed by atoms with Crippen molar-refractivity contribution < 1.29 is 0 Å². The molecule has 3 aromatic heterocycles. The minimum atomic E-state index is 0.536. The van der Waals surface area contributed by atoms with E-state index < -0.39 is 0 Å². The number of aromatic nitrogens is 6. The number of aromatic amines is 1. The maximum Gasteiger partial charge on any atom is 0.200 e. The third-order valence-electron chi connectivity index (χ3n) is 3.03. The summed E-state index contributed by atoms with van der Waals surface area (Å²) in [5, 5.41) is 11.6. The van der Waals surface area contributed by atoms with Crippen LogP contribution in [0.3, 0.4) is 0 Å². The Kier molecular flexibility index (Phi) is 3.19. The minimum absolute atomic E-state index is 0.536. The topological polar surface area (TPSA) is 64.3 Å². The van der Waals surface area contributed by atoms with Crippen LogP contribution in [0.25, 0.3) is 17.2 Å². The molecule has 3 aromatic rings. The first-order valence-electron chi connectivity index (χ1n) is 6.32. The predicted molar refractivity (Wildman–Crippen MR) is 78.1 cm³/mol. The van der Waals surface area contributed by atoms with E-state index in [1.807, 2.05) is 36.0 Å². The zero-order valence-electron chi connectivity index (χ0n) is 11.2. The molecule has 0 saturated carbocycles. The molecule has 0 aromatic carbocycles. The van der Waals surface area contributed by atoms with Crippen LogP contribution in [0.2, 0.25) is 0 Å². The van der Waals surface area contributed by atoms with Gasteiger partial charge in [0.2, 0.25) is 0 Å². The number of nitrogens with one attached hydrogen (secondary N) is 1. The average Bonchev–Trinajstić information content (AvgIpc) is 3.02. The molecular weight excluding hydrogens is 272 g/mol. The van der Waals surface area contributed by atoms with E-state index in [1.54, 1.807) is 10.9 Å². The highest BCUT2D eigenvalue weighted by Gasteiger charge is 2.16. The molecule has 0 bridgehead atoms. The van der Waals surface area contributed by atoms with Crippen molar-refractivity contribution in [3.63, 3.8) is 0 Å². The van der Waals surface area contributed by atoms with Crippen LogP contribution in [-0.4, -0.2) is 29.5 Å². The fraction of sp³-hybridized carbons (Fsp3) is 0.231. The van der Waals surface area contributed by atoms with Gasteiger partial charge in [-0.05, 0) is 30.8 Å². The van der Waals surface area contributed by atoms with Gasteiger partial charge in [-0.25, -0.2) is 0 Å². The summed E-state index contributed by atoms with van der Waals surface area (Å²) in [4.78, 5) is 4.33. The molecule has 0 amide bonds. The SMILES string of the molecule is CCc1nn(C)cc1-n1c(-c2ccccn2)n[nH]c1=S. The van der Waals surface area contributed by atoms with E-state index >= 15 is 0 Å². The fourth-order valence-corrected chi connectivity index (χ4v) is 2.38. The number of nitrogens with zero attached hydrogens (tertiary/aromatic N) is 5. The van der Waals surface area contributed by atoms with Gasteiger partial charge in [-0.2, -0.15) is 10.2 Å². The lowest BCUT2D eigenvalue weighted by Crippen LogP contribution is -2.00. The van der Waals surface area contributed by atoms with Crippen molar-refractivity contribution in [3.05, 3.63) is 41.1 Å². The third kappa shape index (κ3) is 2.05. The lowest BCUT2D eigenvalue weighted by Gasteiger charge is -2.05. The summed E-state index contributed by atoms with van der Waals surface area (Å²) in [5.74, 6) is 0.693. The summed E-state index contributed by atoms with van der Waals surface area (Å²) < 4.78 is 4.20. The van der Waals surface area contributed by atoms with E-state index in [2.05, 4.69) is 27.2 Å². The zero-order valence-corrected chi connectivity index (χ0v) is 12.1. The van der Waals surface area contributed by atoms with Crippen LogP contribution in [-0.2, 0) is 13.5 Å². The van der Waals surface area contributed by atoms with Gasteiger partial charge in [0.1, 0.15) is 5.69 Å². The molecule has 0 unspecified atom stereocenters. The summed E-state index contributed by atoms with van der Waals surface area (Å²) in [5.41, 5.74) is 2.68. The molecule has 0 aliphatic heterocycles. The first-order valence-corrected chi connectivity index (χ1v) is 6.73. The molecule has 0 fully saturated rings. The van der Waals surface area contributed by atoms with Crippen LogP contribution in [0.1, 0.15) is 12.6 Å². The Balaban J connectivity index is 2.24. The molecular formula is C13H14N6S. The molecule has 6 nitrogen and oxygen atoms in total. The number of pyridine rings is 1. The highest BCUT2D eigenvalue weighted by molar-refractivity contribution is 7.71. The van der Waals surface area contributed by atoms with Gasteiger partial charge in [-0.3, -0.25) is 19.3 Å². The van der Waals surface area contributed by atoms with E-state index in [9.17, 15) is 0 Å². The van der Waals surface area contributed by atoms with E-state index in [-0.39, 0.29) is 0 Å². The van der Waals surface area contributed by atoms with Crippen LogP contribution in [0, 0.1) is 4.77 Å². The van der Waals surface area contributed by atoms with Gasteiger partial charge in [0.25, 0.3) is 0 Å². The Morgan fingerprint density at radius 1 is 1.35 bits per heavy atom. The average molecular weight is 286 g/mol. The van der Waals surface area contributed by atoms with E-state index in [1.165, 1.54) is 0 Å². The normalized spacial score (nSPS) is 10.9. The van der Waals surface area contributed by atoms with Crippen LogP contribution in [0.5, 0.6) is 0 Å². The van der Waals surface area contributed by atoms with E-state index in [0.717, 1.165) is 23.5 Å². The van der Waals surface area contributed by atoms with Crippen molar-refractivity contribution in [1.82, 2.24) is 29.5 Å². The smallest absolute Gasteiger partial charge is 0.200 e. The van der Waals surface area contributed by atoms with Crippen molar-refractivity contribution in [2.45, 2.75) is 13.3 Å². The Hall–Kier alpha value is -2.28. The molecule has 3 rings (SSSR count). The first-order chi connectivity index (χ1) is 9.70. The quantitative estimate of drug-likeness (QED) is 0.750. The summed E-state index contributed by atoms with van der Waals surface area (Å²) in [7, 11) is 1.90. The summed E-state index contributed by atoms with van der Waals surface area (Å²) in [6.07, 6.45) is 4.50. The van der Waals surface area contributed by atoms with Gasteiger partial charge in [-0.1, -0.05) is 13.0 Å². The van der Waals surface area contributed by atoms with Crippen molar-refractivity contribution in [2.75, 3.05) is 0 Å². The Labute approximate surface area is 121 Å². The number of H-pyrrole nitrogens is 1. The van der Waals surface area contributed by atoms with Gasteiger partial charge in [0.05, 0.1) is 11.4 Å². The highest BCUT2D eigenvalue weighted by atomic mass is 32.1. The molecule has 0 atom stereocenters. The van der Waals surface area contributed by atoms with Crippen LogP contribution in [0.4, 0.5) is 0 Å². The number of hydrogen-bond donors (Lipinski definition) is 1. The molecule has 0 aliphatic carbocycles.